The van der Waals surface area contributed by atoms with Crippen LogP contribution in [0.5, 0.6) is 0 Å². The van der Waals surface area contributed by atoms with Crippen LogP contribution in [0.3, 0.4) is 0 Å². The smallest absolute Gasteiger partial charge is 0.227 e. The van der Waals surface area contributed by atoms with Crippen LogP contribution in [-0.4, -0.2) is 50.6 Å². The maximum absolute atomic E-state index is 12.5. The largest absolute Gasteiger partial charge is 0.355 e. The first-order valence-electron chi connectivity index (χ1n) is 7.84. The molecule has 2 fully saturated rings. The molecule has 19 heavy (non-hydrogen) atoms. The molecule has 4 heteroatoms. The average molecular weight is 267 g/mol. The summed E-state index contributed by atoms with van der Waals surface area (Å²) in [6.07, 6.45) is 5.54. The van der Waals surface area contributed by atoms with Crippen molar-refractivity contribution in [1.82, 2.24) is 15.5 Å². The summed E-state index contributed by atoms with van der Waals surface area (Å²) in [5.41, 5.74) is -0.125. The van der Waals surface area contributed by atoms with Gasteiger partial charge in [-0.2, -0.15) is 0 Å². The van der Waals surface area contributed by atoms with Crippen LogP contribution in [0, 0.1) is 11.3 Å². The number of amides is 1. The number of hydrogen-bond donors (Lipinski definition) is 2. The lowest BCUT2D eigenvalue weighted by molar-refractivity contribution is -0.130. The van der Waals surface area contributed by atoms with Crippen molar-refractivity contribution >= 4 is 5.91 Å². The summed E-state index contributed by atoms with van der Waals surface area (Å²) in [7, 11) is 2.18. The zero-order valence-corrected chi connectivity index (χ0v) is 12.5. The average Bonchev–Trinajstić information content (AvgIpc) is 2.88. The van der Waals surface area contributed by atoms with Crippen LogP contribution in [0.1, 0.15) is 39.0 Å². The van der Waals surface area contributed by atoms with Gasteiger partial charge in [-0.15, -0.1) is 0 Å². The topological polar surface area (TPSA) is 44.4 Å². The molecule has 0 aromatic carbocycles. The second-order valence-corrected chi connectivity index (χ2v) is 6.41. The van der Waals surface area contributed by atoms with Crippen molar-refractivity contribution in [3.05, 3.63) is 0 Å². The first kappa shape index (κ1) is 14.8. The highest BCUT2D eigenvalue weighted by atomic mass is 16.2. The van der Waals surface area contributed by atoms with Crippen LogP contribution >= 0.6 is 0 Å². The van der Waals surface area contributed by atoms with Gasteiger partial charge in [0.2, 0.25) is 5.91 Å². The molecule has 1 atom stereocenters. The van der Waals surface area contributed by atoms with Gasteiger partial charge in [-0.3, -0.25) is 4.79 Å². The molecule has 2 aliphatic heterocycles. The lowest BCUT2D eigenvalue weighted by Crippen LogP contribution is -2.45. The SMILES string of the molecule is CCCC1(C(=O)NCC2CCN(C)CC2)CCNC1. The lowest BCUT2D eigenvalue weighted by atomic mass is 9.81. The molecule has 2 saturated heterocycles. The minimum atomic E-state index is -0.125. The number of carbonyl (C=O) groups excluding carboxylic acids is 1. The van der Waals surface area contributed by atoms with Crippen LogP contribution in [0.15, 0.2) is 0 Å². The van der Waals surface area contributed by atoms with Gasteiger partial charge in [0.05, 0.1) is 5.41 Å². The molecule has 0 aromatic rings. The summed E-state index contributed by atoms with van der Waals surface area (Å²) >= 11 is 0. The lowest BCUT2D eigenvalue weighted by Gasteiger charge is -2.31. The van der Waals surface area contributed by atoms with Crippen LogP contribution in [0.2, 0.25) is 0 Å². The van der Waals surface area contributed by atoms with Gasteiger partial charge in [0.15, 0.2) is 0 Å². The van der Waals surface area contributed by atoms with Gasteiger partial charge < -0.3 is 15.5 Å². The molecule has 1 unspecified atom stereocenters. The van der Waals surface area contributed by atoms with Crippen LogP contribution < -0.4 is 10.6 Å². The Morgan fingerprint density at radius 3 is 2.74 bits per heavy atom. The Hall–Kier alpha value is -0.610. The van der Waals surface area contributed by atoms with E-state index in [-0.39, 0.29) is 5.41 Å². The van der Waals surface area contributed by atoms with Crippen LogP contribution in [0.25, 0.3) is 0 Å². The molecule has 2 rings (SSSR count). The molecular formula is C15H29N3O. The molecule has 110 valence electrons. The second kappa shape index (κ2) is 6.71. The fraction of sp³-hybridized carbons (Fsp3) is 0.933. The molecule has 0 radical (unpaired) electrons. The highest BCUT2D eigenvalue weighted by Gasteiger charge is 2.40. The van der Waals surface area contributed by atoms with Gasteiger partial charge in [-0.1, -0.05) is 13.3 Å². The molecule has 2 N–H and O–H groups in total. The number of hydrogen-bond acceptors (Lipinski definition) is 3. The highest BCUT2D eigenvalue weighted by molar-refractivity contribution is 5.83. The van der Waals surface area contributed by atoms with Crippen molar-refractivity contribution in [2.45, 2.75) is 39.0 Å². The first-order chi connectivity index (χ1) is 9.16. The van der Waals surface area contributed by atoms with E-state index < -0.39 is 0 Å². The summed E-state index contributed by atoms with van der Waals surface area (Å²) in [6, 6.07) is 0. The fourth-order valence-corrected chi connectivity index (χ4v) is 3.43. The quantitative estimate of drug-likeness (QED) is 0.787. The molecule has 1 amide bonds. The standard InChI is InChI=1S/C15H29N3O/c1-3-6-15(7-8-16-12-15)14(19)17-11-13-4-9-18(2)10-5-13/h13,16H,3-12H2,1-2H3,(H,17,19). The van der Waals surface area contributed by atoms with Gasteiger partial charge in [0.25, 0.3) is 0 Å². The highest BCUT2D eigenvalue weighted by Crippen LogP contribution is 2.31. The van der Waals surface area contributed by atoms with E-state index in [0.29, 0.717) is 11.8 Å². The van der Waals surface area contributed by atoms with Crippen molar-refractivity contribution in [3.8, 4) is 0 Å². The molecule has 0 aliphatic carbocycles. The molecule has 0 bridgehead atoms. The summed E-state index contributed by atoms with van der Waals surface area (Å²) in [5.74, 6) is 0.964. The Balaban J connectivity index is 1.79. The predicted octanol–water partition coefficient (Wildman–Crippen LogP) is 1.22. The third-order valence-corrected chi connectivity index (χ3v) is 4.84. The summed E-state index contributed by atoms with van der Waals surface area (Å²) < 4.78 is 0. The fourth-order valence-electron chi connectivity index (χ4n) is 3.43. The van der Waals surface area contributed by atoms with Crippen LogP contribution in [0.4, 0.5) is 0 Å². The van der Waals surface area contributed by atoms with Crippen molar-refractivity contribution in [2.24, 2.45) is 11.3 Å². The van der Waals surface area contributed by atoms with Gasteiger partial charge in [-0.25, -0.2) is 0 Å². The Morgan fingerprint density at radius 1 is 1.42 bits per heavy atom. The third kappa shape index (κ3) is 3.69. The molecule has 2 aliphatic rings. The maximum atomic E-state index is 12.5. The summed E-state index contributed by atoms with van der Waals surface area (Å²) in [5, 5.41) is 6.59. The second-order valence-electron chi connectivity index (χ2n) is 6.41. The number of carbonyl (C=O) groups is 1. The van der Waals surface area contributed by atoms with Crippen molar-refractivity contribution in [2.75, 3.05) is 39.8 Å². The summed E-state index contributed by atoms with van der Waals surface area (Å²) in [6.45, 7) is 7.23. The zero-order valence-electron chi connectivity index (χ0n) is 12.5. The van der Waals surface area contributed by atoms with Gasteiger partial charge in [0, 0.05) is 13.1 Å². The normalized spacial score (nSPS) is 29.6. The predicted molar refractivity (Wildman–Crippen MR) is 78.1 cm³/mol. The Bertz CT molecular complexity index is 292. The Labute approximate surface area is 117 Å². The molecular weight excluding hydrogens is 238 g/mol. The minimum absolute atomic E-state index is 0.125. The minimum Gasteiger partial charge on any atom is -0.355 e. The molecule has 0 spiro atoms. The monoisotopic (exact) mass is 267 g/mol. The van der Waals surface area contributed by atoms with E-state index in [0.717, 1.165) is 38.9 Å². The van der Waals surface area contributed by atoms with Crippen molar-refractivity contribution in [1.29, 1.82) is 0 Å². The Morgan fingerprint density at radius 2 is 2.16 bits per heavy atom. The maximum Gasteiger partial charge on any atom is 0.227 e. The van der Waals surface area contributed by atoms with E-state index in [2.05, 4.69) is 29.5 Å². The van der Waals surface area contributed by atoms with Gasteiger partial charge >= 0.3 is 0 Å². The van der Waals surface area contributed by atoms with Crippen molar-refractivity contribution < 1.29 is 4.79 Å². The number of piperidine rings is 1. The van der Waals surface area contributed by atoms with Gasteiger partial charge in [-0.05, 0) is 58.3 Å². The van der Waals surface area contributed by atoms with E-state index >= 15 is 0 Å². The van der Waals surface area contributed by atoms with E-state index in [4.69, 9.17) is 0 Å². The number of rotatable bonds is 5. The third-order valence-electron chi connectivity index (χ3n) is 4.84. The zero-order chi connectivity index (χ0) is 13.7. The van der Waals surface area contributed by atoms with E-state index in [1.165, 1.54) is 25.9 Å². The van der Waals surface area contributed by atoms with Crippen LogP contribution in [-0.2, 0) is 4.79 Å². The number of nitrogens with zero attached hydrogens (tertiary/aromatic N) is 1. The first-order valence-corrected chi connectivity index (χ1v) is 7.84. The van der Waals surface area contributed by atoms with E-state index in [1.54, 1.807) is 0 Å². The van der Waals surface area contributed by atoms with Gasteiger partial charge in [0.1, 0.15) is 0 Å². The molecule has 4 nitrogen and oxygen atoms in total. The molecule has 0 saturated carbocycles. The molecule has 0 aromatic heterocycles. The Kier molecular flexibility index (Phi) is 5.22. The summed E-state index contributed by atoms with van der Waals surface area (Å²) in [4.78, 5) is 14.9. The number of likely N-dealkylation sites (tertiary alicyclic amines) is 1. The van der Waals surface area contributed by atoms with E-state index in [1.807, 2.05) is 0 Å². The molecule has 2 heterocycles. The van der Waals surface area contributed by atoms with E-state index in [9.17, 15) is 4.79 Å². The number of nitrogens with one attached hydrogen (secondary N) is 2. The van der Waals surface area contributed by atoms with Crippen molar-refractivity contribution in [3.63, 3.8) is 0 Å².